The molecule has 0 bridgehead atoms. The SMILES string of the molecule is Cc1nc(C)c(C(=O)N2CCCC23CCN(C(=O)OC(C(F)(F)F)C(F)(F)F)CC3)o1. The van der Waals surface area contributed by atoms with E-state index < -0.39 is 30.1 Å². The summed E-state index contributed by atoms with van der Waals surface area (Å²) < 4.78 is 85.0. The number of carbonyl (C=O) groups excluding carboxylic acids is 2. The van der Waals surface area contributed by atoms with E-state index in [-0.39, 0.29) is 37.6 Å². The van der Waals surface area contributed by atoms with E-state index in [4.69, 9.17) is 4.42 Å². The lowest BCUT2D eigenvalue weighted by Gasteiger charge is -2.44. The van der Waals surface area contributed by atoms with Crippen molar-refractivity contribution in [2.24, 2.45) is 0 Å². The molecular formula is C18H21F6N3O4. The van der Waals surface area contributed by atoms with Gasteiger partial charge in [0.1, 0.15) is 0 Å². The first-order chi connectivity index (χ1) is 14.2. The first-order valence-electron chi connectivity index (χ1n) is 9.59. The Hall–Kier alpha value is -2.47. The second kappa shape index (κ2) is 7.90. The molecule has 1 aromatic rings. The molecule has 1 spiro atoms. The monoisotopic (exact) mass is 457 g/mol. The Kier molecular flexibility index (Phi) is 5.91. The molecule has 0 atom stereocenters. The predicted molar refractivity (Wildman–Crippen MR) is 92.2 cm³/mol. The minimum Gasteiger partial charge on any atom is -0.436 e. The number of likely N-dealkylation sites (tertiary alicyclic amines) is 2. The van der Waals surface area contributed by atoms with E-state index in [1.165, 1.54) is 0 Å². The Bertz CT molecular complexity index is 828. The number of halogens is 6. The number of amides is 2. The lowest BCUT2D eigenvalue weighted by Crippen LogP contribution is -2.56. The summed E-state index contributed by atoms with van der Waals surface area (Å²) in [4.78, 5) is 31.4. The lowest BCUT2D eigenvalue weighted by atomic mass is 9.85. The molecule has 0 aliphatic carbocycles. The van der Waals surface area contributed by atoms with Crippen molar-refractivity contribution in [2.45, 2.75) is 63.5 Å². The summed E-state index contributed by atoms with van der Waals surface area (Å²) in [5.74, 6) is 0.0511. The van der Waals surface area contributed by atoms with Crippen molar-refractivity contribution in [3.8, 4) is 0 Å². The van der Waals surface area contributed by atoms with Gasteiger partial charge in [-0.25, -0.2) is 9.78 Å². The van der Waals surface area contributed by atoms with Gasteiger partial charge in [0.15, 0.2) is 5.89 Å². The fourth-order valence-corrected chi connectivity index (χ4v) is 4.23. The molecule has 0 radical (unpaired) electrons. The van der Waals surface area contributed by atoms with Crippen LogP contribution in [0.2, 0.25) is 0 Å². The van der Waals surface area contributed by atoms with E-state index in [9.17, 15) is 35.9 Å². The van der Waals surface area contributed by atoms with E-state index in [2.05, 4.69) is 9.72 Å². The van der Waals surface area contributed by atoms with Crippen molar-refractivity contribution < 1.29 is 45.1 Å². The molecule has 174 valence electrons. The van der Waals surface area contributed by atoms with E-state index in [1.807, 2.05) is 0 Å². The maximum atomic E-state index is 13.0. The molecule has 0 N–H and O–H groups in total. The number of alkyl halides is 6. The molecule has 31 heavy (non-hydrogen) atoms. The number of hydrogen-bond donors (Lipinski definition) is 0. The number of rotatable bonds is 2. The number of aryl methyl sites for hydroxylation is 2. The maximum Gasteiger partial charge on any atom is 0.434 e. The number of hydrogen-bond acceptors (Lipinski definition) is 5. The highest BCUT2D eigenvalue weighted by Crippen LogP contribution is 2.41. The molecule has 3 heterocycles. The highest BCUT2D eigenvalue weighted by molar-refractivity contribution is 5.93. The molecule has 3 rings (SSSR count). The zero-order chi connectivity index (χ0) is 23.2. The maximum absolute atomic E-state index is 13.0. The van der Waals surface area contributed by atoms with E-state index >= 15 is 0 Å². The Morgan fingerprint density at radius 2 is 1.61 bits per heavy atom. The van der Waals surface area contributed by atoms with Crippen molar-refractivity contribution in [1.82, 2.24) is 14.8 Å². The zero-order valence-electron chi connectivity index (χ0n) is 16.8. The Morgan fingerprint density at radius 1 is 1.03 bits per heavy atom. The van der Waals surface area contributed by atoms with Crippen LogP contribution in [0.4, 0.5) is 31.1 Å². The number of oxazole rings is 1. The van der Waals surface area contributed by atoms with Crippen molar-refractivity contribution in [3.05, 3.63) is 17.3 Å². The van der Waals surface area contributed by atoms with Gasteiger partial charge in [0.2, 0.25) is 5.76 Å². The van der Waals surface area contributed by atoms with Crippen LogP contribution in [-0.2, 0) is 4.74 Å². The summed E-state index contributed by atoms with van der Waals surface area (Å²) in [5, 5.41) is 0. The van der Waals surface area contributed by atoms with E-state index in [1.54, 1.807) is 18.7 Å². The van der Waals surface area contributed by atoms with Crippen LogP contribution in [0.5, 0.6) is 0 Å². The number of carbonyl (C=O) groups is 2. The van der Waals surface area contributed by atoms with Gasteiger partial charge in [-0.1, -0.05) is 0 Å². The van der Waals surface area contributed by atoms with Gasteiger partial charge in [0.05, 0.1) is 5.69 Å². The second-order valence-electron chi connectivity index (χ2n) is 7.77. The van der Waals surface area contributed by atoms with Crippen LogP contribution in [0.15, 0.2) is 4.42 Å². The number of aromatic nitrogens is 1. The largest absolute Gasteiger partial charge is 0.436 e. The van der Waals surface area contributed by atoms with Crippen LogP contribution in [0.3, 0.4) is 0 Å². The van der Waals surface area contributed by atoms with Crippen LogP contribution in [0, 0.1) is 13.8 Å². The third-order valence-corrected chi connectivity index (χ3v) is 5.70. The molecular weight excluding hydrogens is 436 g/mol. The molecule has 7 nitrogen and oxygen atoms in total. The zero-order valence-corrected chi connectivity index (χ0v) is 16.8. The molecule has 2 amide bonds. The lowest BCUT2D eigenvalue weighted by molar-refractivity contribution is -0.308. The standard InChI is InChI=1S/C18H21F6N3O4/c1-10-12(30-11(2)25-10)13(28)27-7-3-4-16(27)5-8-26(9-6-16)15(29)31-14(17(19,20)21)18(22,23)24/h14H,3-9H2,1-2H3. The molecule has 0 saturated carbocycles. The molecule has 0 unspecified atom stereocenters. The van der Waals surface area contributed by atoms with Gasteiger partial charge in [-0.15, -0.1) is 0 Å². The van der Waals surface area contributed by atoms with Gasteiger partial charge in [-0.3, -0.25) is 4.79 Å². The van der Waals surface area contributed by atoms with Gasteiger partial charge in [-0.05, 0) is 32.6 Å². The van der Waals surface area contributed by atoms with Crippen LogP contribution in [0.25, 0.3) is 0 Å². The average Bonchev–Trinajstić information content (AvgIpc) is 3.20. The molecule has 13 heteroatoms. The van der Waals surface area contributed by atoms with Crippen LogP contribution < -0.4 is 0 Å². The molecule has 2 saturated heterocycles. The average molecular weight is 457 g/mol. The minimum atomic E-state index is -5.77. The molecule has 1 aromatic heterocycles. The second-order valence-corrected chi connectivity index (χ2v) is 7.77. The fourth-order valence-electron chi connectivity index (χ4n) is 4.23. The summed E-state index contributed by atoms with van der Waals surface area (Å²) in [7, 11) is 0. The quantitative estimate of drug-likeness (QED) is 0.628. The highest BCUT2D eigenvalue weighted by atomic mass is 19.4. The van der Waals surface area contributed by atoms with Crippen LogP contribution >= 0.6 is 0 Å². The summed E-state index contributed by atoms with van der Waals surface area (Å²) in [6.45, 7) is 3.37. The number of ether oxygens (including phenoxy) is 1. The smallest absolute Gasteiger partial charge is 0.434 e. The predicted octanol–water partition coefficient (Wildman–Crippen LogP) is 3.99. The minimum absolute atomic E-state index is 0.0961. The van der Waals surface area contributed by atoms with E-state index in [0.717, 1.165) is 4.90 Å². The van der Waals surface area contributed by atoms with E-state index in [0.29, 0.717) is 31.0 Å². The number of piperidine rings is 1. The summed E-state index contributed by atoms with van der Waals surface area (Å²) in [6.07, 6.45) is -15.8. The molecule has 2 fully saturated rings. The third-order valence-electron chi connectivity index (χ3n) is 5.70. The molecule has 2 aliphatic rings. The van der Waals surface area contributed by atoms with Gasteiger partial charge in [-0.2, -0.15) is 26.3 Å². The topological polar surface area (TPSA) is 75.9 Å². The van der Waals surface area contributed by atoms with Gasteiger partial charge in [0.25, 0.3) is 12.0 Å². The van der Waals surface area contributed by atoms with Gasteiger partial charge < -0.3 is 19.0 Å². The highest BCUT2D eigenvalue weighted by Gasteiger charge is 2.60. The third kappa shape index (κ3) is 4.59. The van der Waals surface area contributed by atoms with Crippen LogP contribution in [-0.4, -0.2) is 70.4 Å². The Labute approximate surface area is 173 Å². The Morgan fingerprint density at radius 3 is 2.10 bits per heavy atom. The van der Waals surface area contributed by atoms with Crippen molar-refractivity contribution in [1.29, 1.82) is 0 Å². The molecule has 0 aromatic carbocycles. The van der Waals surface area contributed by atoms with Crippen molar-refractivity contribution >= 4 is 12.0 Å². The summed E-state index contributed by atoms with van der Waals surface area (Å²) in [5.41, 5.74) is -0.232. The summed E-state index contributed by atoms with van der Waals surface area (Å²) >= 11 is 0. The Balaban J connectivity index is 1.68. The number of nitrogens with zero attached hydrogens (tertiary/aromatic N) is 3. The van der Waals surface area contributed by atoms with Crippen LogP contribution in [0.1, 0.15) is 47.8 Å². The first kappa shape index (κ1) is 23.2. The molecule has 2 aliphatic heterocycles. The van der Waals surface area contributed by atoms with Crippen molar-refractivity contribution in [3.63, 3.8) is 0 Å². The van der Waals surface area contributed by atoms with Gasteiger partial charge in [0, 0.05) is 32.1 Å². The summed E-state index contributed by atoms with van der Waals surface area (Å²) in [6, 6.07) is 0. The fraction of sp³-hybridized carbons (Fsp3) is 0.722. The van der Waals surface area contributed by atoms with Crippen molar-refractivity contribution in [2.75, 3.05) is 19.6 Å². The van der Waals surface area contributed by atoms with Gasteiger partial charge >= 0.3 is 18.4 Å². The normalized spacial score (nSPS) is 19.4. The first-order valence-corrected chi connectivity index (χ1v) is 9.59.